The summed E-state index contributed by atoms with van der Waals surface area (Å²) in [7, 11) is 0. The van der Waals surface area contributed by atoms with Crippen LogP contribution in [0.5, 0.6) is 0 Å². The van der Waals surface area contributed by atoms with Crippen LogP contribution in [-0.4, -0.2) is 11.4 Å². The summed E-state index contributed by atoms with van der Waals surface area (Å²) < 4.78 is 0.790. The fourth-order valence-corrected chi connectivity index (χ4v) is 3.36. The van der Waals surface area contributed by atoms with E-state index >= 15 is 0 Å². The SMILES string of the molecule is CCC1CCC(C#N)(NC(=O)c2cc(Br)ccc2Cl)CC1. The van der Waals surface area contributed by atoms with Crippen LogP contribution in [0, 0.1) is 17.2 Å². The molecule has 1 fully saturated rings. The number of hydrogen-bond donors (Lipinski definition) is 1. The molecule has 0 aromatic heterocycles. The molecule has 112 valence electrons. The maximum Gasteiger partial charge on any atom is 0.254 e. The van der Waals surface area contributed by atoms with Gasteiger partial charge in [0.2, 0.25) is 0 Å². The number of carbonyl (C=O) groups excluding carboxylic acids is 1. The van der Waals surface area contributed by atoms with E-state index in [1.807, 2.05) is 0 Å². The maximum atomic E-state index is 12.4. The van der Waals surface area contributed by atoms with Gasteiger partial charge in [0, 0.05) is 4.47 Å². The van der Waals surface area contributed by atoms with Crippen molar-refractivity contribution in [3.8, 4) is 6.07 Å². The Morgan fingerprint density at radius 3 is 2.76 bits per heavy atom. The highest BCUT2D eigenvalue weighted by Crippen LogP contribution is 2.34. The highest BCUT2D eigenvalue weighted by atomic mass is 79.9. The Kier molecular flexibility index (Phi) is 5.29. The van der Waals surface area contributed by atoms with Crippen LogP contribution in [-0.2, 0) is 0 Å². The van der Waals surface area contributed by atoms with Crippen molar-refractivity contribution in [3.63, 3.8) is 0 Å². The third-order valence-electron chi connectivity index (χ3n) is 4.28. The first-order valence-corrected chi connectivity index (χ1v) is 8.35. The van der Waals surface area contributed by atoms with Crippen molar-refractivity contribution >= 4 is 33.4 Å². The Hall–Kier alpha value is -1.05. The number of benzene rings is 1. The van der Waals surface area contributed by atoms with Gasteiger partial charge < -0.3 is 5.32 Å². The lowest BCUT2D eigenvalue weighted by Gasteiger charge is -2.35. The van der Waals surface area contributed by atoms with Gasteiger partial charge in [-0.15, -0.1) is 0 Å². The lowest BCUT2D eigenvalue weighted by Crippen LogP contribution is -2.49. The summed E-state index contributed by atoms with van der Waals surface area (Å²) >= 11 is 9.41. The van der Waals surface area contributed by atoms with Crippen molar-refractivity contribution in [2.75, 3.05) is 0 Å². The molecular formula is C16H18BrClN2O. The Balaban J connectivity index is 2.14. The van der Waals surface area contributed by atoms with E-state index in [0.717, 1.165) is 23.7 Å². The molecule has 0 aliphatic heterocycles. The Bertz CT molecular complexity index is 574. The molecule has 1 aromatic carbocycles. The molecule has 1 amide bonds. The minimum Gasteiger partial charge on any atom is -0.334 e. The van der Waals surface area contributed by atoms with Crippen molar-refractivity contribution in [2.24, 2.45) is 5.92 Å². The normalized spacial score (nSPS) is 25.1. The Morgan fingerprint density at radius 1 is 1.52 bits per heavy atom. The zero-order valence-electron chi connectivity index (χ0n) is 12.0. The monoisotopic (exact) mass is 368 g/mol. The number of nitriles is 1. The fraction of sp³-hybridized carbons (Fsp3) is 0.500. The molecule has 0 bridgehead atoms. The van der Waals surface area contributed by atoms with Gasteiger partial charge in [0.05, 0.1) is 16.7 Å². The Morgan fingerprint density at radius 2 is 2.19 bits per heavy atom. The van der Waals surface area contributed by atoms with Gasteiger partial charge in [0.25, 0.3) is 5.91 Å². The number of nitrogens with one attached hydrogen (secondary N) is 1. The standard InChI is InChI=1S/C16H18BrClN2O/c1-2-11-5-7-16(10-19,8-6-11)20-15(21)13-9-12(17)3-4-14(13)18/h3-4,9,11H,2,5-8H2,1H3,(H,20,21). The summed E-state index contributed by atoms with van der Waals surface area (Å²) in [5, 5.41) is 12.8. The summed E-state index contributed by atoms with van der Waals surface area (Å²) in [5.41, 5.74) is -0.354. The van der Waals surface area contributed by atoms with Crippen LogP contribution < -0.4 is 5.32 Å². The minimum atomic E-state index is -0.756. The van der Waals surface area contributed by atoms with E-state index in [9.17, 15) is 10.1 Å². The Labute approximate surface area is 138 Å². The number of hydrogen-bond acceptors (Lipinski definition) is 2. The zero-order valence-corrected chi connectivity index (χ0v) is 14.3. The molecule has 0 saturated heterocycles. The van der Waals surface area contributed by atoms with Crippen molar-refractivity contribution in [1.29, 1.82) is 5.26 Å². The number of nitrogens with zero attached hydrogens (tertiary/aromatic N) is 1. The predicted octanol–water partition coefficient (Wildman–Crippen LogP) is 4.69. The van der Waals surface area contributed by atoms with Crippen molar-refractivity contribution in [2.45, 2.75) is 44.6 Å². The molecule has 5 heteroatoms. The molecule has 21 heavy (non-hydrogen) atoms. The molecule has 0 atom stereocenters. The minimum absolute atomic E-state index is 0.280. The second-order valence-electron chi connectivity index (χ2n) is 5.62. The second-order valence-corrected chi connectivity index (χ2v) is 6.95. The van der Waals surface area contributed by atoms with E-state index in [0.29, 0.717) is 29.3 Å². The van der Waals surface area contributed by atoms with Crippen molar-refractivity contribution < 1.29 is 4.79 Å². The van der Waals surface area contributed by atoms with Crippen LogP contribution in [0.1, 0.15) is 49.4 Å². The zero-order chi connectivity index (χ0) is 15.5. The summed E-state index contributed by atoms with van der Waals surface area (Å²) in [4.78, 5) is 12.4. The summed E-state index contributed by atoms with van der Waals surface area (Å²) in [6.07, 6.45) is 4.51. The molecule has 1 N–H and O–H groups in total. The van der Waals surface area contributed by atoms with Crippen LogP contribution in [0.15, 0.2) is 22.7 Å². The smallest absolute Gasteiger partial charge is 0.254 e. The van der Waals surface area contributed by atoms with E-state index in [-0.39, 0.29) is 5.91 Å². The number of amides is 1. The molecule has 3 nitrogen and oxygen atoms in total. The molecule has 0 unspecified atom stereocenters. The van der Waals surface area contributed by atoms with Crippen molar-refractivity contribution in [1.82, 2.24) is 5.32 Å². The highest BCUT2D eigenvalue weighted by Gasteiger charge is 2.36. The van der Waals surface area contributed by atoms with Gasteiger partial charge >= 0.3 is 0 Å². The van der Waals surface area contributed by atoms with E-state index in [1.165, 1.54) is 0 Å². The third-order valence-corrected chi connectivity index (χ3v) is 5.10. The van der Waals surface area contributed by atoms with Gasteiger partial charge in [-0.3, -0.25) is 4.79 Å². The molecule has 2 rings (SSSR count). The van der Waals surface area contributed by atoms with Gasteiger partial charge in [-0.25, -0.2) is 0 Å². The quantitative estimate of drug-likeness (QED) is 0.840. The topological polar surface area (TPSA) is 52.9 Å². The van der Waals surface area contributed by atoms with Gasteiger partial charge in [-0.05, 0) is 49.8 Å². The van der Waals surface area contributed by atoms with Crippen LogP contribution in [0.3, 0.4) is 0 Å². The van der Waals surface area contributed by atoms with E-state index in [1.54, 1.807) is 18.2 Å². The van der Waals surface area contributed by atoms with Gasteiger partial charge in [-0.1, -0.05) is 40.9 Å². The average Bonchev–Trinajstić information content (AvgIpc) is 2.50. The third kappa shape index (κ3) is 3.78. The summed E-state index contributed by atoms with van der Waals surface area (Å²) in [6.45, 7) is 2.17. The fourth-order valence-electron chi connectivity index (χ4n) is 2.80. The van der Waals surface area contributed by atoms with Gasteiger partial charge in [0.1, 0.15) is 5.54 Å². The van der Waals surface area contributed by atoms with E-state index in [4.69, 9.17) is 11.6 Å². The van der Waals surface area contributed by atoms with Crippen LogP contribution in [0.4, 0.5) is 0 Å². The molecule has 1 aromatic rings. The highest BCUT2D eigenvalue weighted by molar-refractivity contribution is 9.10. The van der Waals surface area contributed by atoms with Gasteiger partial charge in [-0.2, -0.15) is 5.26 Å². The predicted molar refractivity (Wildman–Crippen MR) is 87.2 cm³/mol. The van der Waals surface area contributed by atoms with Crippen LogP contribution in [0.25, 0.3) is 0 Å². The van der Waals surface area contributed by atoms with E-state index < -0.39 is 5.54 Å². The number of carbonyl (C=O) groups is 1. The average molecular weight is 370 g/mol. The first kappa shape index (κ1) is 16.3. The molecular weight excluding hydrogens is 352 g/mol. The largest absolute Gasteiger partial charge is 0.334 e. The lowest BCUT2D eigenvalue weighted by atomic mass is 9.76. The molecule has 0 heterocycles. The van der Waals surface area contributed by atoms with Crippen molar-refractivity contribution in [3.05, 3.63) is 33.3 Å². The molecule has 0 spiro atoms. The lowest BCUT2D eigenvalue weighted by molar-refractivity contribution is 0.0891. The van der Waals surface area contributed by atoms with E-state index in [2.05, 4.69) is 34.2 Å². The maximum absolute atomic E-state index is 12.4. The molecule has 1 aliphatic rings. The first-order chi connectivity index (χ1) is 9.99. The molecule has 1 aliphatic carbocycles. The summed E-state index contributed by atoms with van der Waals surface area (Å²) in [5.74, 6) is 0.385. The second kappa shape index (κ2) is 6.81. The van der Waals surface area contributed by atoms with Crippen LogP contribution in [0.2, 0.25) is 5.02 Å². The van der Waals surface area contributed by atoms with Crippen LogP contribution >= 0.6 is 27.5 Å². The number of halogens is 2. The molecule has 0 radical (unpaired) electrons. The molecule has 1 saturated carbocycles. The summed E-state index contributed by atoms with van der Waals surface area (Å²) in [6, 6.07) is 7.45. The first-order valence-electron chi connectivity index (χ1n) is 7.18. The number of rotatable bonds is 3. The van der Waals surface area contributed by atoms with Gasteiger partial charge in [0.15, 0.2) is 0 Å².